The van der Waals surface area contributed by atoms with Crippen LogP contribution < -0.4 is 21.9 Å². The van der Waals surface area contributed by atoms with E-state index in [4.69, 9.17) is 0 Å². The lowest BCUT2D eigenvalue weighted by atomic mass is 10.0. The van der Waals surface area contributed by atoms with Crippen LogP contribution in [0.3, 0.4) is 0 Å². The third kappa shape index (κ3) is 7.47. The summed E-state index contributed by atoms with van der Waals surface area (Å²) in [5, 5.41) is 14.2. The molecule has 0 aliphatic carbocycles. The fourth-order valence-electron chi connectivity index (χ4n) is 2.50. The first-order valence-electron chi connectivity index (χ1n) is 8.67. The van der Waals surface area contributed by atoms with Crippen LogP contribution in [0.15, 0.2) is 15.7 Å². The molecule has 1 aromatic rings. The van der Waals surface area contributed by atoms with Crippen LogP contribution in [0.4, 0.5) is 0 Å². The van der Waals surface area contributed by atoms with Crippen molar-refractivity contribution in [3.8, 4) is 0 Å². The van der Waals surface area contributed by atoms with Gasteiger partial charge in [0, 0.05) is 6.07 Å². The van der Waals surface area contributed by atoms with Crippen molar-refractivity contribution >= 4 is 17.8 Å². The van der Waals surface area contributed by atoms with Crippen LogP contribution in [0, 0.1) is 11.8 Å². The van der Waals surface area contributed by atoms with Crippen molar-refractivity contribution in [2.45, 2.75) is 52.6 Å². The third-order valence-electron chi connectivity index (χ3n) is 3.66. The zero-order chi connectivity index (χ0) is 20.7. The Morgan fingerprint density at radius 1 is 0.963 bits per heavy atom. The zero-order valence-electron chi connectivity index (χ0n) is 15.8. The van der Waals surface area contributed by atoms with E-state index in [1.165, 1.54) is 0 Å². The first-order chi connectivity index (χ1) is 12.5. The maximum absolute atomic E-state index is 12.5. The summed E-state index contributed by atoms with van der Waals surface area (Å²) >= 11 is 0. The number of carboxylic acid groups (broad SMARTS) is 1. The molecule has 2 atom stereocenters. The summed E-state index contributed by atoms with van der Waals surface area (Å²) in [4.78, 5) is 63.0. The number of carboxylic acids is 1. The number of H-pyrrole nitrogens is 2. The Morgan fingerprint density at radius 3 is 2.00 bits per heavy atom. The van der Waals surface area contributed by atoms with Gasteiger partial charge < -0.3 is 20.7 Å². The Kier molecular flexibility index (Phi) is 7.95. The first-order valence-corrected chi connectivity index (χ1v) is 8.67. The Bertz CT molecular complexity index is 767. The van der Waals surface area contributed by atoms with Crippen molar-refractivity contribution in [3.63, 3.8) is 0 Å². The van der Waals surface area contributed by atoms with E-state index in [9.17, 15) is 29.1 Å². The zero-order valence-corrected chi connectivity index (χ0v) is 15.8. The van der Waals surface area contributed by atoms with Gasteiger partial charge in [0.25, 0.3) is 11.5 Å². The average Bonchev–Trinajstić information content (AvgIpc) is 2.51. The van der Waals surface area contributed by atoms with Gasteiger partial charge in [-0.15, -0.1) is 0 Å². The molecule has 0 aliphatic rings. The summed E-state index contributed by atoms with van der Waals surface area (Å²) in [6, 6.07) is -1.20. The molecule has 10 heteroatoms. The molecule has 1 rings (SSSR count). The number of amides is 2. The van der Waals surface area contributed by atoms with Crippen LogP contribution in [-0.4, -0.2) is 44.9 Å². The Morgan fingerprint density at radius 2 is 1.52 bits per heavy atom. The molecule has 0 fully saturated rings. The number of carbonyl (C=O) groups excluding carboxylic acids is 2. The minimum atomic E-state index is -1.16. The molecule has 1 aromatic heterocycles. The van der Waals surface area contributed by atoms with Crippen LogP contribution in [0.25, 0.3) is 0 Å². The van der Waals surface area contributed by atoms with E-state index in [0.717, 1.165) is 6.07 Å². The fourth-order valence-corrected chi connectivity index (χ4v) is 2.50. The number of aromatic amines is 2. The molecule has 0 bridgehead atoms. The smallest absolute Gasteiger partial charge is 0.326 e. The molecular weight excluding hydrogens is 356 g/mol. The molecule has 0 aliphatic heterocycles. The molecule has 1 heterocycles. The van der Waals surface area contributed by atoms with E-state index in [1.807, 2.05) is 32.7 Å². The van der Waals surface area contributed by atoms with Crippen LogP contribution in [0.5, 0.6) is 0 Å². The monoisotopic (exact) mass is 382 g/mol. The van der Waals surface area contributed by atoms with Gasteiger partial charge in [0.05, 0.1) is 0 Å². The van der Waals surface area contributed by atoms with Gasteiger partial charge in [0.2, 0.25) is 5.91 Å². The summed E-state index contributed by atoms with van der Waals surface area (Å²) in [6.07, 6.45) is 0.490. The molecule has 10 nitrogen and oxygen atoms in total. The number of rotatable bonds is 9. The molecule has 0 radical (unpaired) electrons. The molecule has 0 saturated heterocycles. The fraction of sp³-hybridized carbons (Fsp3) is 0.588. The predicted molar refractivity (Wildman–Crippen MR) is 97.4 cm³/mol. The van der Waals surface area contributed by atoms with E-state index in [0.29, 0.717) is 0 Å². The highest BCUT2D eigenvalue weighted by molar-refractivity contribution is 5.96. The van der Waals surface area contributed by atoms with Gasteiger partial charge in [-0.2, -0.15) is 0 Å². The van der Waals surface area contributed by atoms with Gasteiger partial charge in [-0.05, 0) is 24.7 Å². The molecule has 150 valence electrons. The lowest BCUT2D eigenvalue weighted by Gasteiger charge is -2.23. The second-order valence-electron chi connectivity index (χ2n) is 7.19. The van der Waals surface area contributed by atoms with Gasteiger partial charge in [-0.3, -0.25) is 19.4 Å². The van der Waals surface area contributed by atoms with E-state index < -0.39 is 41.1 Å². The molecule has 2 amide bonds. The molecule has 0 saturated carbocycles. The van der Waals surface area contributed by atoms with Crippen molar-refractivity contribution in [2.75, 3.05) is 0 Å². The van der Waals surface area contributed by atoms with Gasteiger partial charge in [0.1, 0.15) is 17.8 Å². The SMILES string of the molecule is CC(C)C[C@H](NC(=O)[C@H](CC(C)C)NC(=O)c1cc(=O)[nH]c(=O)[nH]1)C(=O)O. The van der Waals surface area contributed by atoms with Crippen molar-refractivity contribution < 1.29 is 19.5 Å². The summed E-state index contributed by atoms with van der Waals surface area (Å²) in [5.74, 6) is -2.55. The molecular formula is C17H26N4O6. The van der Waals surface area contributed by atoms with Crippen molar-refractivity contribution in [3.05, 3.63) is 32.6 Å². The molecule has 5 N–H and O–H groups in total. The highest BCUT2D eigenvalue weighted by Gasteiger charge is 2.28. The average molecular weight is 382 g/mol. The topological polar surface area (TPSA) is 161 Å². The molecule has 0 unspecified atom stereocenters. The third-order valence-corrected chi connectivity index (χ3v) is 3.66. The largest absolute Gasteiger partial charge is 0.480 e. The Balaban J connectivity index is 2.98. The first kappa shape index (κ1) is 22.1. The number of hydrogen-bond donors (Lipinski definition) is 5. The quantitative estimate of drug-likeness (QED) is 0.398. The van der Waals surface area contributed by atoms with Crippen LogP contribution >= 0.6 is 0 Å². The number of hydrogen-bond acceptors (Lipinski definition) is 5. The Hall–Kier alpha value is -2.91. The standard InChI is InChI=1S/C17H26N4O6/c1-8(2)5-10(14(23)19-12(16(25)26)6-9(3)4)18-15(24)11-7-13(22)21-17(27)20-11/h7-10,12H,5-6H2,1-4H3,(H,18,24)(H,19,23)(H,25,26)(H2,20,21,22,27)/t10-,12-/m0/s1. The van der Waals surface area contributed by atoms with Gasteiger partial charge in [-0.25, -0.2) is 9.59 Å². The summed E-state index contributed by atoms with van der Waals surface area (Å²) in [5.41, 5.74) is -1.89. The summed E-state index contributed by atoms with van der Waals surface area (Å²) in [7, 11) is 0. The van der Waals surface area contributed by atoms with E-state index >= 15 is 0 Å². The number of nitrogens with one attached hydrogen (secondary N) is 4. The number of aliphatic carboxylic acids is 1. The molecule has 0 spiro atoms. The lowest BCUT2D eigenvalue weighted by molar-refractivity contribution is -0.142. The van der Waals surface area contributed by atoms with Gasteiger partial charge >= 0.3 is 11.7 Å². The van der Waals surface area contributed by atoms with Crippen molar-refractivity contribution in [2.24, 2.45) is 11.8 Å². The normalized spacial score (nSPS) is 13.3. The highest BCUT2D eigenvalue weighted by atomic mass is 16.4. The Labute approximate surface area is 155 Å². The molecule has 27 heavy (non-hydrogen) atoms. The minimum absolute atomic E-state index is 0.0210. The van der Waals surface area contributed by atoms with E-state index in [1.54, 1.807) is 0 Å². The second-order valence-corrected chi connectivity index (χ2v) is 7.19. The van der Waals surface area contributed by atoms with Gasteiger partial charge in [0.15, 0.2) is 0 Å². The highest BCUT2D eigenvalue weighted by Crippen LogP contribution is 2.09. The maximum Gasteiger partial charge on any atom is 0.326 e. The van der Waals surface area contributed by atoms with Crippen molar-refractivity contribution in [1.82, 2.24) is 20.6 Å². The number of carbonyl (C=O) groups is 3. The predicted octanol–water partition coefficient (Wildman–Crippen LogP) is -0.177. The van der Waals surface area contributed by atoms with Crippen LogP contribution in [-0.2, 0) is 9.59 Å². The maximum atomic E-state index is 12.5. The van der Waals surface area contributed by atoms with Crippen molar-refractivity contribution in [1.29, 1.82) is 0 Å². The van der Waals surface area contributed by atoms with Crippen LogP contribution in [0.2, 0.25) is 0 Å². The van der Waals surface area contributed by atoms with Crippen LogP contribution in [0.1, 0.15) is 51.0 Å². The molecule has 0 aromatic carbocycles. The summed E-state index contributed by atoms with van der Waals surface area (Å²) in [6.45, 7) is 7.34. The lowest BCUT2D eigenvalue weighted by Crippen LogP contribution is -2.52. The number of aromatic nitrogens is 2. The second kappa shape index (κ2) is 9.70. The minimum Gasteiger partial charge on any atom is -0.480 e. The van der Waals surface area contributed by atoms with E-state index in [-0.39, 0.29) is 30.4 Å². The van der Waals surface area contributed by atoms with Gasteiger partial charge in [-0.1, -0.05) is 27.7 Å². The van der Waals surface area contributed by atoms with E-state index in [2.05, 4.69) is 15.6 Å². The summed E-state index contributed by atoms with van der Waals surface area (Å²) < 4.78 is 0.